The fourth-order valence-electron chi connectivity index (χ4n) is 4.29. The first kappa shape index (κ1) is 24.0. The molecule has 32 heavy (non-hydrogen) atoms. The minimum atomic E-state index is -0.785. The number of carbonyl (C=O) groups is 1. The van der Waals surface area contributed by atoms with Crippen molar-refractivity contribution in [3.8, 4) is 17.2 Å². The van der Waals surface area contributed by atoms with Crippen molar-refractivity contribution in [3.05, 3.63) is 47.3 Å². The molecule has 3 rings (SSSR count). The molecule has 1 saturated heterocycles. The molecule has 8 heteroatoms. The van der Waals surface area contributed by atoms with Crippen LogP contribution in [0.3, 0.4) is 0 Å². The van der Waals surface area contributed by atoms with Crippen molar-refractivity contribution < 1.29 is 29.2 Å². The van der Waals surface area contributed by atoms with E-state index in [2.05, 4.69) is 4.98 Å². The molecule has 2 N–H and O–H groups in total. The van der Waals surface area contributed by atoms with Gasteiger partial charge in [0.2, 0.25) is 0 Å². The predicted octanol–water partition coefficient (Wildman–Crippen LogP) is 2.96. The molecule has 0 saturated carbocycles. The first-order valence-electron chi connectivity index (χ1n) is 10.7. The van der Waals surface area contributed by atoms with E-state index in [1.165, 1.54) is 27.2 Å². The number of phenolic OH excluding ortho intramolecular Hbond substituents is 1. The second-order valence-corrected chi connectivity index (χ2v) is 8.28. The van der Waals surface area contributed by atoms with Crippen molar-refractivity contribution in [2.24, 2.45) is 0 Å². The highest BCUT2D eigenvalue weighted by molar-refractivity contribution is 5.92. The molecule has 2 aromatic rings. The number of rotatable bonds is 8. The van der Waals surface area contributed by atoms with Crippen molar-refractivity contribution in [2.75, 3.05) is 27.3 Å². The summed E-state index contributed by atoms with van der Waals surface area (Å²) >= 11 is 0. The SMILES string of the molecule is COc1cc(O)c(C(CC(O)N2CC(C)OC(C)C2)c2ccc(C(C)=O)nc2)c(OC)c1. The van der Waals surface area contributed by atoms with E-state index in [-0.39, 0.29) is 30.2 Å². The number of aliphatic hydroxyl groups excluding tert-OH is 1. The van der Waals surface area contributed by atoms with Crippen molar-refractivity contribution >= 4 is 5.78 Å². The Kier molecular flexibility index (Phi) is 7.71. The summed E-state index contributed by atoms with van der Waals surface area (Å²) in [5, 5.41) is 22.0. The normalized spacial score (nSPS) is 21.1. The summed E-state index contributed by atoms with van der Waals surface area (Å²) in [5.41, 5.74) is 1.64. The molecule has 4 atom stereocenters. The van der Waals surface area contributed by atoms with E-state index in [1.807, 2.05) is 18.7 Å². The van der Waals surface area contributed by atoms with Gasteiger partial charge >= 0.3 is 0 Å². The third-order valence-electron chi connectivity index (χ3n) is 5.76. The van der Waals surface area contributed by atoms with Crippen LogP contribution in [0.4, 0.5) is 0 Å². The Labute approximate surface area is 188 Å². The molecule has 1 aromatic heterocycles. The van der Waals surface area contributed by atoms with E-state index in [0.717, 1.165) is 5.56 Å². The summed E-state index contributed by atoms with van der Waals surface area (Å²) in [6.45, 7) is 6.63. The monoisotopic (exact) mass is 444 g/mol. The number of benzene rings is 1. The Morgan fingerprint density at radius 3 is 2.44 bits per heavy atom. The lowest BCUT2D eigenvalue weighted by atomic mass is 9.86. The van der Waals surface area contributed by atoms with Gasteiger partial charge in [0.1, 0.15) is 29.2 Å². The number of phenols is 1. The van der Waals surface area contributed by atoms with E-state index in [9.17, 15) is 15.0 Å². The highest BCUT2D eigenvalue weighted by Gasteiger charge is 2.32. The van der Waals surface area contributed by atoms with E-state index in [0.29, 0.717) is 35.8 Å². The molecule has 4 unspecified atom stereocenters. The molecule has 1 fully saturated rings. The zero-order chi connectivity index (χ0) is 23.4. The van der Waals surface area contributed by atoms with Gasteiger partial charge in [0.25, 0.3) is 0 Å². The lowest BCUT2D eigenvalue weighted by molar-refractivity contribution is -0.122. The lowest BCUT2D eigenvalue weighted by Gasteiger charge is -2.39. The Balaban J connectivity index is 2.01. The van der Waals surface area contributed by atoms with E-state index in [1.54, 1.807) is 24.4 Å². The number of Topliss-reactive ketones (excluding diaryl/α,β-unsaturated/α-hetero) is 1. The van der Waals surface area contributed by atoms with Gasteiger partial charge in [-0.1, -0.05) is 6.07 Å². The van der Waals surface area contributed by atoms with Crippen molar-refractivity contribution in [1.29, 1.82) is 0 Å². The number of carbonyl (C=O) groups excluding carboxylic acids is 1. The topological polar surface area (TPSA) is 101 Å². The van der Waals surface area contributed by atoms with Crippen molar-refractivity contribution in [2.45, 2.75) is 51.5 Å². The molecule has 0 aliphatic carbocycles. The molecule has 0 radical (unpaired) electrons. The van der Waals surface area contributed by atoms with Crippen LogP contribution in [0.25, 0.3) is 0 Å². The van der Waals surface area contributed by atoms with Gasteiger partial charge < -0.3 is 24.4 Å². The van der Waals surface area contributed by atoms with Gasteiger partial charge in [0.15, 0.2) is 5.78 Å². The molecular weight excluding hydrogens is 412 g/mol. The van der Waals surface area contributed by atoms with Crippen LogP contribution in [0.15, 0.2) is 30.5 Å². The number of pyridine rings is 1. The second-order valence-electron chi connectivity index (χ2n) is 8.28. The minimum Gasteiger partial charge on any atom is -0.507 e. The highest BCUT2D eigenvalue weighted by Crippen LogP contribution is 2.43. The van der Waals surface area contributed by atoms with E-state index < -0.39 is 12.1 Å². The van der Waals surface area contributed by atoms with Crippen LogP contribution in [-0.2, 0) is 4.74 Å². The van der Waals surface area contributed by atoms with Gasteiger partial charge in [0, 0.05) is 49.8 Å². The Morgan fingerprint density at radius 1 is 1.22 bits per heavy atom. The van der Waals surface area contributed by atoms with Crippen molar-refractivity contribution in [3.63, 3.8) is 0 Å². The number of aliphatic hydroxyl groups is 1. The average Bonchev–Trinajstić information content (AvgIpc) is 2.76. The third-order valence-corrected chi connectivity index (χ3v) is 5.76. The lowest BCUT2D eigenvalue weighted by Crippen LogP contribution is -2.50. The van der Waals surface area contributed by atoms with Gasteiger partial charge in [-0.05, 0) is 31.9 Å². The summed E-state index contributed by atoms with van der Waals surface area (Å²) in [4.78, 5) is 17.9. The second kappa shape index (κ2) is 10.3. The number of aromatic nitrogens is 1. The number of aromatic hydroxyl groups is 1. The van der Waals surface area contributed by atoms with Gasteiger partial charge in [-0.15, -0.1) is 0 Å². The molecule has 0 amide bonds. The Bertz CT molecular complexity index is 923. The van der Waals surface area contributed by atoms with Crippen LogP contribution in [0.5, 0.6) is 17.2 Å². The number of methoxy groups -OCH3 is 2. The molecule has 1 aliphatic heterocycles. The van der Waals surface area contributed by atoms with Crippen LogP contribution >= 0.6 is 0 Å². The Hall–Kier alpha value is -2.68. The number of ketones is 1. The number of hydrogen-bond donors (Lipinski definition) is 2. The maximum absolute atomic E-state index is 11.7. The number of nitrogens with zero attached hydrogens (tertiary/aromatic N) is 2. The molecule has 8 nitrogen and oxygen atoms in total. The smallest absolute Gasteiger partial charge is 0.178 e. The van der Waals surface area contributed by atoms with Crippen LogP contribution < -0.4 is 9.47 Å². The summed E-state index contributed by atoms with van der Waals surface area (Å²) in [6.07, 6.45) is 1.13. The third kappa shape index (κ3) is 5.38. The maximum Gasteiger partial charge on any atom is 0.178 e. The molecule has 2 heterocycles. The summed E-state index contributed by atoms with van der Waals surface area (Å²) in [5.74, 6) is 0.335. The van der Waals surface area contributed by atoms with Gasteiger partial charge in [-0.3, -0.25) is 14.7 Å². The standard InChI is InChI=1S/C24H32N2O6/c1-14-12-26(13-15(2)32-14)23(29)10-19(17-6-7-20(16(3)27)25-11-17)24-21(28)8-18(30-4)9-22(24)31-5/h6-9,11,14-15,19,23,28-29H,10,12-13H2,1-5H3. The maximum atomic E-state index is 11.7. The summed E-state index contributed by atoms with van der Waals surface area (Å²) in [6, 6.07) is 6.68. The predicted molar refractivity (Wildman–Crippen MR) is 120 cm³/mol. The first-order valence-corrected chi connectivity index (χ1v) is 10.7. The molecule has 0 spiro atoms. The van der Waals surface area contributed by atoms with E-state index >= 15 is 0 Å². The van der Waals surface area contributed by atoms with Gasteiger partial charge in [0.05, 0.1) is 26.4 Å². The Morgan fingerprint density at radius 2 is 1.91 bits per heavy atom. The zero-order valence-corrected chi connectivity index (χ0v) is 19.2. The number of ether oxygens (including phenoxy) is 3. The van der Waals surface area contributed by atoms with Crippen LogP contribution in [-0.4, -0.2) is 71.6 Å². The molecular formula is C24H32N2O6. The minimum absolute atomic E-state index is 0.00208. The molecule has 0 bridgehead atoms. The average molecular weight is 445 g/mol. The van der Waals surface area contributed by atoms with Crippen LogP contribution in [0.2, 0.25) is 0 Å². The highest BCUT2D eigenvalue weighted by atomic mass is 16.5. The summed E-state index contributed by atoms with van der Waals surface area (Å²) < 4.78 is 16.6. The molecule has 1 aliphatic rings. The fourth-order valence-corrected chi connectivity index (χ4v) is 4.29. The number of morpholine rings is 1. The quantitative estimate of drug-likeness (QED) is 0.600. The zero-order valence-electron chi connectivity index (χ0n) is 19.2. The van der Waals surface area contributed by atoms with Gasteiger partial charge in [-0.25, -0.2) is 0 Å². The fraction of sp³-hybridized carbons (Fsp3) is 0.500. The summed E-state index contributed by atoms with van der Waals surface area (Å²) in [7, 11) is 3.04. The van der Waals surface area contributed by atoms with Crippen LogP contribution in [0.1, 0.15) is 54.7 Å². The largest absolute Gasteiger partial charge is 0.507 e. The molecule has 1 aromatic carbocycles. The van der Waals surface area contributed by atoms with Gasteiger partial charge in [-0.2, -0.15) is 0 Å². The van der Waals surface area contributed by atoms with Crippen molar-refractivity contribution in [1.82, 2.24) is 9.88 Å². The van der Waals surface area contributed by atoms with Crippen LogP contribution in [0, 0.1) is 0 Å². The molecule has 174 valence electrons. The van der Waals surface area contributed by atoms with E-state index in [4.69, 9.17) is 14.2 Å². The first-order chi connectivity index (χ1) is 15.2. The number of hydrogen-bond acceptors (Lipinski definition) is 8.